The van der Waals surface area contributed by atoms with E-state index < -0.39 is 11.7 Å². The summed E-state index contributed by atoms with van der Waals surface area (Å²) in [5.41, 5.74) is 2.24. The average Bonchev–Trinajstić information content (AvgIpc) is 2.90. The highest BCUT2D eigenvalue weighted by Gasteiger charge is 2.13. The Labute approximate surface area is 142 Å². The summed E-state index contributed by atoms with van der Waals surface area (Å²) in [4.78, 5) is 17.9. The number of fused-ring (bicyclic) bond motifs is 1. The zero-order valence-electron chi connectivity index (χ0n) is 13.0. The van der Waals surface area contributed by atoms with Gasteiger partial charge in [-0.05, 0) is 49.0 Å². The Bertz CT molecular complexity index is 948. The predicted octanol–water partition coefficient (Wildman–Crippen LogP) is 3.48. The van der Waals surface area contributed by atoms with E-state index in [2.05, 4.69) is 15.3 Å². The molecule has 2 aromatic carbocycles. The fourth-order valence-electron chi connectivity index (χ4n) is 2.42. The van der Waals surface area contributed by atoms with Gasteiger partial charge in [0.15, 0.2) is 4.77 Å². The second-order valence-electron chi connectivity index (χ2n) is 5.38. The van der Waals surface area contributed by atoms with Crippen molar-refractivity contribution >= 4 is 29.2 Å². The molecule has 1 aromatic heterocycles. The molecular weight excluding hydrogens is 329 g/mol. The summed E-state index contributed by atoms with van der Waals surface area (Å²) in [5, 5.41) is 2.71. The molecule has 0 spiro atoms. The SMILES string of the molecule is Cc1cccc(OCCNC(=O)c2cc(F)cc3[nH]c(=S)[nH]c23)c1. The number of imidazole rings is 1. The van der Waals surface area contributed by atoms with E-state index in [0.29, 0.717) is 29.0 Å². The number of aromatic amines is 2. The number of amides is 1. The van der Waals surface area contributed by atoms with Crippen molar-refractivity contribution in [2.24, 2.45) is 0 Å². The first kappa shape index (κ1) is 16.2. The summed E-state index contributed by atoms with van der Waals surface area (Å²) in [6, 6.07) is 10.1. The molecule has 1 heterocycles. The molecule has 0 atom stereocenters. The topological polar surface area (TPSA) is 69.9 Å². The molecule has 0 aliphatic carbocycles. The van der Waals surface area contributed by atoms with Gasteiger partial charge in [-0.3, -0.25) is 4.79 Å². The zero-order chi connectivity index (χ0) is 17.1. The molecule has 124 valence electrons. The van der Waals surface area contributed by atoms with Crippen LogP contribution in [0.2, 0.25) is 0 Å². The van der Waals surface area contributed by atoms with E-state index >= 15 is 0 Å². The minimum atomic E-state index is -0.506. The Morgan fingerprint density at radius 2 is 2.12 bits per heavy atom. The minimum absolute atomic E-state index is 0.202. The average molecular weight is 345 g/mol. The third-order valence-corrected chi connectivity index (χ3v) is 3.68. The van der Waals surface area contributed by atoms with Crippen LogP contribution in [-0.4, -0.2) is 29.0 Å². The van der Waals surface area contributed by atoms with E-state index in [1.54, 1.807) is 0 Å². The third kappa shape index (κ3) is 3.62. The van der Waals surface area contributed by atoms with Crippen LogP contribution in [0, 0.1) is 17.5 Å². The molecule has 0 saturated carbocycles. The van der Waals surface area contributed by atoms with Gasteiger partial charge in [-0.15, -0.1) is 0 Å². The molecular formula is C17H16FN3O2S. The number of hydrogen-bond acceptors (Lipinski definition) is 3. The number of hydrogen-bond donors (Lipinski definition) is 3. The van der Waals surface area contributed by atoms with Gasteiger partial charge in [-0.25, -0.2) is 4.39 Å². The lowest BCUT2D eigenvalue weighted by Crippen LogP contribution is -2.28. The fraction of sp³-hybridized carbons (Fsp3) is 0.176. The number of aromatic nitrogens is 2. The lowest BCUT2D eigenvalue weighted by molar-refractivity contribution is 0.0948. The Hall–Kier alpha value is -2.67. The van der Waals surface area contributed by atoms with Crippen LogP contribution in [0.15, 0.2) is 36.4 Å². The van der Waals surface area contributed by atoms with Gasteiger partial charge < -0.3 is 20.0 Å². The van der Waals surface area contributed by atoms with Crippen LogP contribution in [0.5, 0.6) is 5.75 Å². The van der Waals surface area contributed by atoms with Gasteiger partial charge in [0.2, 0.25) is 0 Å². The predicted molar refractivity (Wildman–Crippen MR) is 92.4 cm³/mol. The summed E-state index contributed by atoms with van der Waals surface area (Å²) in [7, 11) is 0. The van der Waals surface area contributed by atoms with Gasteiger partial charge in [0.25, 0.3) is 5.91 Å². The van der Waals surface area contributed by atoms with Crippen LogP contribution in [-0.2, 0) is 0 Å². The third-order valence-electron chi connectivity index (χ3n) is 3.48. The van der Waals surface area contributed by atoms with E-state index in [9.17, 15) is 9.18 Å². The van der Waals surface area contributed by atoms with Gasteiger partial charge in [0.1, 0.15) is 18.2 Å². The molecule has 0 radical (unpaired) electrons. The highest BCUT2D eigenvalue weighted by atomic mass is 32.1. The second-order valence-corrected chi connectivity index (χ2v) is 5.78. The zero-order valence-corrected chi connectivity index (χ0v) is 13.8. The molecule has 0 aliphatic heterocycles. The van der Waals surface area contributed by atoms with Crippen LogP contribution in [0.4, 0.5) is 4.39 Å². The molecule has 0 bridgehead atoms. The number of halogens is 1. The number of aryl methyl sites for hydroxylation is 1. The van der Waals surface area contributed by atoms with Crippen molar-refractivity contribution in [2.45, 2.75) is 6.92 Å². The molecule has 3 rings (SSSR count). The molecule has 0 unspecified atom stereocenters. The second kappa shape index (κ2) is 6.84. The van der Waals surface area contributed by atoms with Gasteiger partial charge in [0.05, 0.1) is 23.1 Å². The maximum Gasteiger partial charge on any atom is 0.253 e. The number of ether oxygens (including phenoxy) is 1. The smallest absolute Gasteiger partial charge is 0.253 e. The Morgan fingerprint density at radius 1 is 1.29 bits per heavy atom. The van der Waals surface area contributed by atoms with Crippen LogP contribution in [0.3, 0.4) is 0 Å². The summed E-state index contributed by atoms with van der Waals surface area (Å²) in [5.74, 6) is -0.154. The molecule has 0 aliphatic rings. The molecule has 0 saturated heterocycles. The lowest BCUT2D eigenvalue weighted by Gasteiger charge is -2.09. The van der Waals surface area contributed by atoms with Crippen molar-refractivity contribution in [3.63, 3.8) is 0 Å². The fourth-order valence-corrected chi connectivity index (χ4v) is 2.63. The van der Waals surface area contributed by atoms with Crippen molar-refractivity contribution in [2.75, 3.05) is 13.2 Å². The largest absolute Gasteiger partial charge is 0.492 e. The first-order valence-corrected chi connectivity index (χ1v) is 7.83. The van der Waals surface area contributed by atoms with E-state index in [0.717, 1.165) is 11.3 Å². The molecule has 3 N–H and O–H groups in total. The van der Waals surface area contributed by atoms with E-state index in [4.69, 9.17) is 17.0 Å². The number of rotatable bonds is 5. The van der Waals surface area contributed by atoms with Crippen molar-refractivity contribution < 1.29 is 13.9 Å². The highest BCUT2D eigenvalue weighted by Crippen LogP contribution is 2.18. The minimum Gasteiger partial charge on any atom is -0.492 e. The monoisotopic (exact) mass is 345 g/mol. The van der Waals surface area contributed by atoms with E-state index in [1.807, 2.05) is 31.2 Å². The van der Waals surface area contributed by atoms with Crippen molar-refractivity contribution in [3.05, 3.63) is 58.1 Å². The normalized spacial score (nSPS) is 10.8. The molecule has 3 aromatic rings. The van der Waals surface area contributed by atoms with Gasteiger partial charge in [-0.2, -0.15) is 0 Å². The molecule has 0 fully saturated rings. The van der Waals surface area contributed by atoms with Gasteiger partial charge >= 0.3 is 0 Å². The van der Waals surface area contributed by atoms with Crippen LogP contribution in [0.1, 0.15) is 15.9 Å². The van der Waals surface area contributed by atoms with Crippen LogP contribution >= 0.6 is 12.2 Å². The number of carbonyl (C=O) groups is 1. The number of benzene rings is 2. The quantitative estimate of drug-likeness (QED) is 0.490. The van der Waals surface area contributed by atoms with Crippen molar-refractivity contribution in [1.82, 2.24) is 15.3 Å². The number of carbonyl (C=O) groups excluding carboxylic acids is 1. The van der Waals surface area contributed by atoms with E-state index in [-0.39, 0.29) is 5.56 Å². The van der Waals surface area contributed by atoms with Crippen molar-refractivity contribution in [1.29, 1.82) is 0 Å². The lowest BCUT2D eigenvalue weighted by atomic mass is 10.1. The van der Waals surface area contributed by atoms with Crippen LogP contribution < -0.4 is 10.1 Å². The Balaban J connectivity index is 1.64. The van der Waals surface area contributed by atoms with Gasteiger partial charge in [0, 0.05) is 0 Å². The summed E-state index contributed by atoms with van der Waals surface area (Å²) >= 11 is 4.99. The Kier molecular flexibility index (Phi) is 4.61. The summed E-state index contributed by atoms with van der Waals surface area (Å²) in [6.45, 7) is 2.59. The first-order valence-electron chi connectivity index (χ1n) is 7.42. The maximum atomic E-state index is 13.6. The summed E-state index contributed by atoms with van der Waals surface area (Å²) in [6.07, 6.45) is 0. The number of H-pyrrole nitrogens is 2. The van der Waals surface area contributed by atoms with E-state index in [1.165, 1.54) is 12.1 Å². The number of nitrogens with one attached hydrogen (secondary N) is 3. The van der Waals surface area contributed by atoms with Gasteiger partial charge in [-0.1, -0.05) is 12.1 Å². The summed E-state index contributed by atoms with van der Waals surface area (Å²) < 4.78 is 19.6. The van der Waals surface area contributed by atoms with Crippen LogP contribution in [0.25, 0.3) is 11.0 Å². The Morgan fingerprint density at radius 3 is 2.92 bits per heavy atom. The first-order chi connectivity index (χ1) is 11.5. The maximum absolute atomic E-state index is 13.6. The molecule has 5 nitrogen and oxygen atoms in total. The molecule has 1 amide bonds. The molecule has 24 heavy (non-hydrogen) atoms. The highest BCUT2D eigenvalue weighted by molar-refractivity contribution is 7.71. The molecule has 7 heteroatoms. The standard InChI is InChI=1S/C17H16FN3O2S/c1-10-3-2-4-12(7-10)23-6-5-19-16(22)13-8-11(18)9-14-15(13)21-17(24)20-14/h2-4,7-9H,5-6H2,1H3,(H,19,22)(H2,20,21,24). The van der Waals surface area contributed by atoms with Crippen molar-refractivity contribution in [3.8, 4) is 5.75 Å².